The normalized spacial score (nSPS) is 10.6. The summed E-state index contributed by atoms with van der Waals surface area (Å²) in [6.07, 6.45) is 0.489. The quantitative estimate of drug-likeness (QED) is 0.839. The van der Waals surface area contributed by atoms with Crippen LogP contribution in [0.4, 0.5) is 0 Å². The molecule has 2 aromatic rings. The number of rotatable bonds is 4. The van der Waals surface area contributed by atoms with E-state index in [1.807, 2.05) is 13.8 Å². The summed E-state index contributed by atoms with van der Waals surface area (Å²) in [5.41, 5.74) is 2.22. The predicted octanol–water partition coefficient (Wildman–Crippen LogP) is 0.590. The van der Waals surface area contributed by atoms with Crippen molar-refractivity contribution in [3.63, 3.8) is 0 Å². The van der Waals surface area contributed by atoms with E-state index in [2.05, 4.69) is 15.3 Å². The third-order valence-corrected chi connectivity index (χ3v) is 2.91. The lowest BCUT2D eigenvalue weighted by Crippen LogP contribution is -2.10. The number of aryl methyl sites for hydroxylation is 1. The number of aliphatic carboxylic acids is 1. The van der Waals surface area contributed by atoms with Crippen LogP contribution in [0, 0.1) is 13.8 Å². The number of aromatic amines is 1. The summed E-state index contributed by atoms with van der Waals surface area (Å²) in [6.45, 7) is 3.68. The van der Waals surface area contributed by atoms with E-state index in [1.165, 1.54) is 6.07 Å². The van der Waals surface area contributed by atoms with Gasteiger partial charge in [0.1, 0.15) is 0 Å². The summed E-state index contributed by atoms with van der Waals surface area (Å²) in [5.74, 6) is -0.338. The standard InChI is InChI=1S/C12H14N4O3/c1-7-9(3-6-12(18)19)8(2)16(15-7)10-4-5-11(17)14-13-10/h4-5H,3,6H2,1-2H3,(H,14,17)(H,18,19). The molecule has 0 fully saturated rings. The molecule has 2 heterocycles. The molecule has 0 atom stereocenters. The van der Waals surface area contributed by atoms with Crippen molar-refractivity contribution >= 4 is 5.97 Å². The smallest absolute Gasteiger partial charge is 0.303 e. The van der Waals surface area contributed by atoms with Crippen LogP contribution >= 0.6 is 0 Å². The van der Waals surface area contributed by atoms with Crippen LogP contribution in [0.5, 0.6) is 0 Å². The molecule has 19 heavy (non-hydrogen) atoms. The molecule has 0 aliphatic rings. The van der Waals surface area contributed by atoms with Gasteiger partial charge in [0.25, 0.3) is 5.56 Å². The first-order chi connectivity index (χ1) is 8.99. The van der Waals surface area contributed by atoms with Crippen LogP contribution in [0.1, 0.15) is 23.4 Å². The third-order valence-electron chi connectivity index (χ3n) is 2.91. The van der Waals surface area contributed by atoms with Crippen molar-refractivity contribution < 1.29 is 9.90 Å². The molecule has 0 aliphatic heterocycles. The van der Waals surface area contributed by atoms with Crippen molar-refractivity contribution in [2.75, 3.05) is 0 Å². The molecule has 0 bridgehead atoms. The summed E-state index contributed by atoms with van der Waals surface area (Å²) in [4.78, 5) is 21.6. The lowest BCUT2D eigenvalue weighted by Gasteiger charge is -2.03. The van der Waals surface area contributed by atoms with Gasteiger partial charge in [0, 0.05) is 18.2 Å². The Morgan fingerprint density at radius 2 is 2.16 bits per heavy atom. The number of carboxylic acids is 1. The van der Waals surface area contributed by atoms with E-state index in [0.29, 0.717) is 12.2 Å². The Hall–Kier alpha value is -2.44. The van der Waals surface area contributed by atoms with E-state index in [1.54, 1.807) is 10.7 Å². The Balaban J connectivity index is 2.37. The molecule has 0 saturated carbocycles. The van der Waals surface area contributed by atoms with Gasteiger partial charge in [0.15, 0.2) is 5.82 Å². The van der Waals surface area contributed by atoms with Crippen LogP contribution in [0.2, 0.25) is 0 Å². The Labute approximate surface area is 108 Å². The zero-order chi connectivity index (χ0) is 14.0. The lowest BCUT2D eigenvalue weighted by molar-refractivity contribution is -0.136. The molecule has 0 aromatic carbocycles. The van der Waals surface area contributed by atoms with Crippen molar-refractivity contribution in [1.82, 2.24) is 20.0 Å². The van der Waals surface area contributed by atoms with Gasteiger partial charge in [-0.1, -0.05) is 0 Å². The third kappa shape index (κ3) is 2.70. The van der Waals surface area contributed by atoms with Gasteiger partial charge < -0.3 is 5.11 Å². The molecular weight excluding hydrogens is 248 g/mol. The Bertz CT molecular complexity index is 652. The van der Waals surface area contributed by atoms with Crippen LogP contribution in [0.15, 0.2) is 16.9 Å². The largest absolute Gasteiger partial charge is 0.481 e. The van der Waals surface area contributed by atoms with Crippen molar-refractivity contribution in [3.8, 4) is 5.82 Å². The highest BCUT2D eigenvalue weighted by Gasteiger charge is 2.14. The number of H-pyrrole nitrogens is 1. The molecule has 2 rings (SSSR count). The van der Waals surface area contributed by atoms with Gasteiger partial charge in [-0.2, -0.15) is 10.2 Å². The molecule has 2 aromatic heterocycles. The summed E-state index contributed by atoms with van der Waals surface area (Å²) in [6, 6.07) is 2.94. The highest BCUT2D eigenvalue weighted by atomic mass is 16.4. The van der Waals surface area contributed by atoms with Crippen molar-refractivity contribution in [3.05, 3.63) is 39.4 Å². The average Bonchev–Trinajstić information content (AvgIpc) is 2.63. The molecule has 0 radical (unpaired) electrons. The number of aromatic nitrogens is 4. The van der Waals surface area contributed by atoms with E-state index < -0.39 is 5.97 Å². The number of nitrogens with one attached hydrogen (secondary N) is 1. The second-order valence-electron chi connectivity index (χ2n) is 4.23. The maximum Gasteiger partial charge on any atom is 0.303 e. The minimum atomic E-state index is -0.839. The Morgan fingerprint density at radius 3 is 2.74 bits per heavy atom. The highest BCUT2D eigenvalue weighted by Crippen LogP contribution is 2.17. The highest BCUT2D eigenvalue weighted by molar-refractivity contribution is 5.67. The first-order valence-electron chi connectivity index (χ1n) is 5.82. The van der Waals surface area contributed by atoms with Crippen molar-refractivity contribution in [2.45, 2.75) is 26.7 Å². The van der Waals surface area contributed by atoms with Crippen molar-refractivity contribution in [2.24, 2.45) is 0 Å². The molecule has 0 spiro atoms. The van der Waals surface area contributed by atoms with Gasteiger partial charge in [-0.15, -0.1) is 0 Å². The van der Waals surface area contributed by atoms with Gasteiger partial charge in [0.2, 0.25) is 0 Å². The van der Waals surface area contributed by atoms with Crippen LogP contribution in [0.3, 0.4) is 0 Å². The van der Waals surface area contributed by atoms with Gasteiger partial charge in [-0.3, -0.25) is 9.59 Å². The molecule has 2 N–H and O–H groups in total. The maximum atomic E-state index is 11.0. The number of carboxylic acid groups (broad SMARTS) is 1. The number of nitrogens with zero attached hydrogens (tertiary/aromatic N) is 3. The Kier molecular flexibility index (Phi) is 3.46. The van der Waals surface area contributed by atoms with E-state index in [0.717, 1.165) is 17.0 Å². The monoisotopic (exact) mass is 262 g/mol. The zero-order valence-electron chi connectivity index (χ0n) is 10.7. The number of hydrogen-bond donors (Lipinski definition) is 2. The van der Waals surface area contributed by atoms with E-state index in [-0.39, 0.29) is 12.0 Å². The minimum absolute atomic E-state index is 0.0619. The second-order valence-corrected chi connectivity index (χ2v) is 4.23. The van der Waals surface area contributed by atoms with Crippen LogP contribution < -0.4 is 5.56 Å². The van der Waals surface area contributed by atoms with E-state index in [9.17, 15) is 9.59 Å². The molecule has 100 valence electrons. The van der Waals surface area contributed by atoms with Crippen LogP contribution in [0.25, 0.3) is 5.82 Å². The van der Waals surface area contributed by atoms with Gasteiger partial charge >= 0.3 is 5.97 Å². The topological polar surface area (TPSA) is 101 Å². The fraction of sp³-hybridized carbons (Fsp3) is 0.333. The molecule has 0 amide bonds. The predicted molar refractivity (Wildman–Crippen MR) is 67.4 cm³/mol. The second kappa shape index (κ2) is 5.05. The lowest BCUT2D eigenvalue weighted by atomic mass is 10.1. The first kappa shape index (κ1) is 13.0. The molecule has 0 saturated heterocycles. The molecule has 0 unspecified atom stereocenters. The van der Waals surface area contributed by atoms with Crippen molar-refractivity contribution in [1.29, 1.82) is 0 Å². The summed E-state index contributed by atoms with van der Waals surface area (Å²) in [5, 5.41) is 19.3. The Morgan fingerprint density at radius 1 is 1.42 bits per heavy atom. The molecule has 7 nitrogen and oxygen atoms in total. The first-order valence-corrected chi connectivity index (χ1v) is 5.82. The average molecular weight is 262 g/mol. The van der Waals surface area contributed by atoms with Gasteiger partial charge in [0.05, 0.1) is 5.69 Å². The summed E-state index contributed by atoms with van der Waals surface area (Å²) in [7, 11) is 0. The zero-order valence-corrected chi connectivity index (χ0v) is 10.7. The fourth-order valence-corrected chi connectivity index (χ4v) is 1.95. The summed E-state index contributed by atoms with van der Waals surface area (Å²) >= 11 is 0. The maximum absolute atomic E-state index is 11.0. The van der Waals surface area contributed by atoms with Crippen LogP contribution in [-0.2, 0) is 11.2 Å². The number of carbonyl (C=O) groups is 1. The number of hydrogen-bond acceptors (Lipinski definition) is 4. The summed E-state index contributed by atoms with van der Waals surface area (Å²) < 4.78 is 1.60. The molecular formula is C12H14N4O3. The SMILES string of the molecule is Cc1nn(-c2ccc(=O)[nH]n2)c(C)c1CCC(=O)O. The minimum Gasteiger partial charge on any atom is -0.481 e. The van der Waals surface area contributed by atoms with Gasteiger partial charge in [-0.25, -0.2) is 9.78 Å². The fourth-order valence-electron chi connectivity index (χ4n) is 1.95. The molecule has 7 heteroatoms. The van der Waals surface area contributed by atoms with E-state index >= 15 is 0 Å². The molecule has 0 aliphatic carbocycles. The van der Waals surface area contributed by atoms with Gasteiger partial charge in [-0.05, 0) is 31.9 Å². The van der Waals surface area contributed by atoms with Crippen LogP contribution in [-0.4, -0.2) is 31.1 Å². The van der Waals surface area contributed by atoms with E-state index in [4.69, 9.17) is 5.11 Å².